The van der Waals surface area contributed by atoms with Crippen LogP contribution in [0.3, 0.4) is 0 Å². The fraction of sp³-hybridized carbons (Fsp3) is 0.667. The van der Waals surface area contributed by atoms with Crippen molar-refractivity contribution in [3.63, 3.8) is 0 Å². The van der Waals surface area contributed by atoms with Crippen LogP contribution in [0.5, 0.6) is 0 Å². The van der Waals surface area contributed by atoms with Crippen molar-refractivity contribution in [3.8, 4) is 0 Å². The minimum atomic E-state index is -3.08. The summed E-state index contributed by atoms with van der Waals surface area (Å²) in [5.41, 5.74) is -0.0553. The topological polar surface area (TPSA) is 66.4 Å². The first-order chi connectivity index (χ1) is 8.30. The molecule has 2 rings (SSSR count). The summed E-state index contributed by atoms with van der Waals surface area (Å²) in [7, 11) is -3.08. The Morgan fingerprint density at radius 2 is 2.22 bits per heavy atom. The van der Waals surface area contributed by atoms with Gasteiger partial charge in [-0.2, -0.15) is 0 Å². The van der Waals surface area contributed by atoms with Crippen LogP contribution in [0.25, 0.3) is 0 Å². The van der Waals surface area contributed by atoms with Crippen LogP contribution < -0.4 is 5.32 Å². The fourth-order valence-corrected chi connectivity index (χ4v) is 4.79. The van der Waals surface area contributed by atoms with E-state index >= 15 is 0 Å². The van der Waals surface area contributed by atoms with Crippen molar-refractivity contribution in [3.05, 3.63) is 22.4 Å². The third kappa shape index (κ3) is 3.12. The van der Waals surface area contributed by atoms with E-state index < -0.39 is 15.9 Å². The van der Waals surface area contributed by atoms with Gasteiger partial charge >= 0.3 is 0 Å². The minimum absolute atomic E-state index is 0.0364. The van der Waals surface area contributed by atoms with Crippen LogP contribution in [0.2, 0.25) is 0 Å². The van der Waals surface area contributed by atoms with E-state index in [-0.39, 0.29) is 23.0 Å². The monoisotopic (exact) mass is 289 g/mol. The van der Waals surface area contributed by atoms with E-state index in [9.17, 15) is 13.5 Å². The van der Waals surface area contributed by atoms with Crippen LogP contribution in [0.1, 0.15) is 18.7 Å². The Bertz CT molecular complexity index is 493. The van der Waals surface area contributed by atoms with E-state index in [0.717, 1.165) is 0 Å². The number of nitrogens with one attached hydrogen (secondary N) is 1. The highest BCUT2D eigenvalue weighted by Crippen LogP contribution is 2.27. The minimum Gasteiger partial charge on any atom is -0.390 e. The second-order valence-electron chi connectivity index (χ2n) is 5.49. The first-order valence-electron chi connectivity index (χ1n) is 5.96. The molecule has 4 nitrogen and oxygen atoms in total. The van der Waals surface area contributed by atoms with Gasteiger partial charge in [0.1, 0.15) is 0 Å². The highest BCUT2D eigenvalue weighted by molar-refractivity contribution is 7.91. The third-order valence-electron chi connectivity index (χ3n) is 3.32. The largest absolute Gasteiger partial charge is 0.390 e. The molecule has 0 spiro atoms. The van der Waals surface area contributed by atoms with Crippen LogP contribution in [-0.4, -0.2) is 43.7 Å². The Labute approximate surface area is 112 Å². The lowest BCUT2D eigenvalue weighted by molar-refractivity contribution is 0.163. The van der Waals surface area contributed by atoms with E-state index in [0.29, 0.717) is 6.54 Å². The van der Waals surface area contributed by atoms with Gasteiger partial charge in [0.15, 0.2) is 9.84 Å². The summed E-state index contributed by atoms with van der Waals surface area (Å²) < 4.78 is 22.8. The van der Waals surface area contributed by atoms with Gasteiger partial charge in [-0.15, -0.1) is 11.3 Å². The van der Waals surface area contributed by atoms with Gasteiger partial charge in [0.05, 0.1) is 17.6 Å². The first kappa shape index (κ1) is 14.0. The summed E-state index contributed by atoms with van der Waals surface area (Å²) in [6.07, 6.45) is -0.783. The number of hydrogen-bond donors (Lipinski definition) is 2. The molecule has 2 atom stereocenters. The number of aliphatic hydroxyl groups excluding tert-OH is 1. The zero-order valence-electron chi connectivity index (χ0n) is 10.6. The third-order valence-corrected chi connectivity index (χ3v) is 6.27. The van der Waals surface area contributed by atoms with Crippen molar-refractivity contribution < 1.29 is 13.5 Å². The van der Waals surface area contributed by atoms with E-state index in [4.69, 9.17) is 0 Å². The summed E-state index contributed by atoms with van der Waals surface area (Å²) in [5, 5.41) is 14.9. The highest BCUT2D eigenvalue weighted by atomic mass is 32.2. The summed E-state index contributed by atoms with van der Waals surface area (Å²) in [4.78, 5) is 1.25. The second-order valence-corrected chi connectivity index (χ2v) is 8.59. The molecule has 18 heavy (non-hydrogen) atoms. The van der Waals surface area contributed by atoms with Gasteiger partial charge < -0.3 is 10.4 Å². The van der Waals surface area contributed by atoms with E-state index in [1.54, 1.807) is 11.3 Å². The van der Waals surface area contributed by atoms with Gasteiger partial charge in [-0.1, -0.05) is 19.9 Å². The van der Waals surface area contributed by atoms with Gasteiger partial charge in [-0.3, -0.25) is 0 Å². The van der Waals surface area contributed by atoms with Crippen LogP contribution in [-0.2, 0) is 15.3 Å². The van der Waals surface area contributed by atoms with Crippen LogP contribution in [0.4, 0.5) is 0 Å². The molecular weight excluding hydrogens is 270 g/mol. The molecule has 0 radical (unpaired) electrons. The van der Waals surface area contributed by atoms with Crippen LogP contribution >= 0.6 is 11.3 Å². The van der Waals surface area contributed by atoms with Crippen molar-refractivity contribution in [2.75, 3.05) is 18.1 Å². The number of thiophene rings is 1. The molecule has 2 heterocycles. The molecule has 6 heteroatoms. The van der Waals surface area contributed by atoms with Crippen molar-refractivity contribution in [1.82, 2.24) is 5.32 Å². The summed E-state index contributed by atoms with van der Waals surface area (Å²) in [6, 6.07) is 3.75. The van der Waals surface area contributed by atoms with Crippen molar-refractivity contribution in [2.24, 2.45) is 0 Å². The van der Waals surface area contributed by atoms with Crippen LogP contribution in [0, 0.1) is 0 Å². The molecule has 1 aromatic heterocycles. The predicted molar refractivity (Wildman–Crippen MR) is 73.8 cm³/mol. The normalized spacial score (nSPS) is 27.5. The van der Waals surface area contributed by atoms with Crippen molar-refractivity contribution in [2.45, 2.75) is 31.4 Å². The van der Waals surface area contributed by atoms with Gasteiger partial charge in [-0.05, 0) is 11.4 Å². The predicted octanol–water partition coefficient (Wildman–Crippen LogP) is 0.773. The van der Waals surface area contributed by atoms with Crippen molar-refractivity contribution in [1.29, 1.82) is 0 Å². The Morgan fingerprint density at radius 3 is 2.72 bits per heavy atom. The van der Waals surface area contributed by atoms with E-state index in [2.05, 4.69) is 25.2 Å². The van der Waals surface area contributed by atoms with E-state index in [1.165, 1.54) is 4.88 Å². The Kier molecular flexibility index (Phi) is 3.82. The van der Waals surface area contributed by atoms with Gasteiger partial charge in [0, 0.05) is 22.9 Å². The lowest BCUT2D eigenvalue weighted by atomic mass is 9.91. The summed E-state index contributed by atoms with van der Waals surface area (Å²) in [6.45, 7) is 4.88. The van der Waals surface area contributed by atoms with Gasteiger partial charge in [0.25, 0.3) is 0 Å². The average molecular weight is 289 g/mol. The van der Waals surface area contributed by atoms with Crippen LogP contribution in [0.15, 0.2) is 17.5 Å². The molecule has 0 aromatic carbocycles. The zero-order chi connectivity index (χ0) is 13.4. The van der Waals surface area contributed by atoms with Gasteiger partial charge in [0.2, 0.25) is 0 Å². The maximum absolute atomic E-state index is 11.4. The lowest BCUT2D eigenvalue weighted by Gasteiger charge is -2.26. The number of hydrogen-bond acceptors (Lipinski definition) is 5. The molecule has 102 valence electrons. The number of sulfone groups is 1. The zero-order valence-corrected chi connectivity index (χ0v) is 12.2. The molecule has 2 N–H and O–H groups in total. The summed E-state index contributed by atoms with van der Waals surface area (Å²) in [5.74, 6) is -0.0845. The molecule has 0 saturated carbocycles. The standard InChI is InChI=1S/C12H19NO3S2/c1-12(2,11-4-3-5-17-11)8-13-9-6-18(15,16)7-10(9)14/h3-5,9-10,13-14H,6-8H2,1-2H3. The molecule has 1 aliphatic heterocycles. The molecule has 0 bridgehead atoms. The maximum atomic E-state index is 11.4. The van der Waals surface area contributed by atoms with Crippen molar-refractivity contribution >= 4 is 21.2 Å². The molecule has 1 saturated heterocycles. The average Bonchev–Trinajstić information content (AvgIpc) is 2.83. The summed E-state index contributed by atoms with van der Waals surface area (Å²) >= 11 is 1.69. The van der Waals surface area contributed by atoms with Gasteiger partial charge in [-0.25, -0.2) is 8.42 Å². The Hall–Kier alpha value is -0.430. The second kappa shape index (κ2) is 4.92. The smallest absolute Gasteiger partial charge is 0.154 e. The maximum Gasteiger partial charge on any atom is 0.154 e. The quantitative estimate of drug-likeness (QED) is 0.859. The molecular formula is C12H19NO3S2. The lowest BCUT2D eigenvalue weighted by Crippen LogP contribution is -2.44. The Morgan fingerprint density at radius 1 is 1.50 bits per heavy atom. The molecule has 1 aliphatic rings. The molecule has 1 fully saturated rings. The molecule has 1 aromatic rings. The Balaban J connectivity index is 1.96. The fourth-order valence-electron chi connectivity index (χ4n) is 2.16. The number of rotatable bonds is 4. The SMILES string of the molecule is CC(C)(CNC1CS(=O)(=O)CC1O)c1cccs1. The molecule has 2 unspecified atom stereocenters. The first-order valence-corrected chi connectivity index (χ1v) is 8.66. The molecule has 0 amide bonds. The van der Waals surface area contributed by atoms with E-state index in [1.807, 2.05) is 11.4 Å². The molecule has 0 aliphatic carbocycles. The number of aliphatic hydroxyl groups is 1. The highest BCUT2D eigenvalue weighted by Gasteiger charge is 2.37.